The van der Waals surface area contributed by atoms with Crippen LogP contribution in [-0.2, 0) is 62.4 Å². The van der Waals surface area contributed by atoms with Crippen LogP contribution in [0.5, 0.6) is 0 Å². The molecule has 2 bridgehead atoms. The zero-order valence-electron chi connectivity index (χ0n) is 36.8. The number of β-lactam (4-membered cyclic amide) rings is 1. The number of rotatable bonds is 12. The number of benzene rings is 3. The first-order valence-corrected chi connectivity index (χ1v) is 25.2. The molecular weight excluding hydrogens is 1010 g/mol. The SMILES string of the molecule is C[C@@H](O)C1C(=O)N2C(C(=O)OCc3ccc([N+](=O)[O-])cc3)=C(CN3c4cccc5cc(CC[N+]67CC[N+](CC(N)=O)(CC6)CC7)cc(c45)S3(=O)=O)[C@H](C)C12.O=S(=O)([O-])C(F)(F)F.O=S(=O)([O-])C(F)(F)F. The van der Waals surface area contributed by atoms with Gasteiger partial charge in [0.25, 0.3) is 21.6 Å². The van der Waals surface area contributed by atoms with E-state index in [-0.39, 0.29) is 35.3 Å². The number of sulfonamides is 1. The van der Waals surface area contributed by atoms with E-state index >= 15 is 0 Å². The van der Waals surface area contributed by atoms with Gasteiger partial charge in [0, 0.05) is 29.9 Å². The molecule has 6 aliphatic rings. The fraction of sp³-hybridized carbons (Fsp3) is 0.475. The number of aliphatic hydroxyl groups is 1. The molecule has 4 atom stereocenters. The standard InChI is InChI=1S/C38H43N6O9S.2CHF3O3S/c1-23-29(36(41-35(23)33(24(2)45)37(41)47)38(48)53-22-25-6-8-28(9-7-25)42(49)50)20-40-30-5-3-4-27-18-26(19-31(34(27)30)54(40,51)52)10-11-43-12-15-44(16-13-43,17-14-43)21-32(39)46;2*2-1(3,4)8(5,6)7/h3-9,18-19,23-24,33,35,45H,10-17,20-22H2,1-2H3,(H-,39,46);2*(H,5,6,7)/q+1;;/p-1/t23-,24+,33?,35?,43?,44?;;/m0../s1. The van der Waals surface area contributed by atoms with Crippen LogP contribution in [0.25, 0.3) is 10.8 Å². The number of quaternary nitrogens is 2. The van der Waals surface area contributed by atoms with Crippen molar-refractivity contribution >= 4 is 70.2 Å². The first kappa shape index (κ1) is 53.8. The van der Waals surface area contributed by atoms with E-state index in [0.29, 0.717) is 35.2 Å². The summed E-state index contributed by atoms with van der Waals surface area (Å²) in [5.74, 6) is -2.76. The number of nitrogens with two attached hydrogens (primary N) is 1. The lowest BCUT2D eigenvalue weighted by Gasteiger charge is -2.55. The van der Waals surface area contributed by atoms with Crippen molar-refractivity contribution in [2.24, 2.45) is 17.6 Å². The van der Waals surface area contributed by atoms with Crippen LogP contribution < -0.4 is 10.0 Å². The minimum Gasteiger partial charge on any atom is -0.741 e. The van der Waals surface area contributed by atoms with E-state index in [0.717, 1.165) is 65.7 Å². The summed E-state index contributed by atoms with van der Waals surface area (Å²) in [6.07, 6.45) is -0.299. The second kappa shape index (κ2) is 18.9. The van der Waals surface area contributed by atoms with Crippen LogP contribution in [0, 0.1) is 22.0 Å². The number of nitro groups is 1. The number of non-ortho nitro benzene ring substituents is 1. The van der Waals surface area contributed by atoms with Crippen LogP contribution in [-0.4, -0.2) is 158 Å². The Labute approximate surface area is 395 Å². The maximum atomic E-state index is 14.5. The molecule has 0 spiro atoms. The fourth-order valence-electron chi connectivity index (χ4n) is 9.54. The number of amides is 2. The predicted octanol–water partition coefficient (Wildman–Crippen LogP) is 1.90. The van der Waals surface area contributed by atoms with Gasteiger partial charge in [-0.25, -0.2) is 30.0 Å². The smallest absolute Gasteiger partial charge is 0.485 e. The molecule has 2 amide bonds. The fourth-order valence-corrected chi connectivity index (χ4v) is 11.3. The number of esters is 1. The molecule has 384 valence electrons. The van der Waals surface area contributed by atoms with Gasteiger partial charge < -0.3 is 38.5 Å². The lowest BCUT2D eigenvalue weighted by Crippen LogP contribution is -2.76. The highest BCUT2D eigenvalue weighted by Crippen LogP contribution is 2.50. The number of alkyl halides is 6. The zero-order valence-corrected chi connectivity index (χ0v) is 39.2. The van der Waals surface area contributed by atoms with Gasteiger partial charge in [-0.05, 0) is 53.3 Å². The molecule has 0 saturated carbocycles. The number of ether oxygens (including phenoxy) is 1. The molecule has 0 radical (unpaired) electrons. The average molecular weight is 1060 g/mol. The topological polar surface area (TPSA) is 305 Å². The van der Waals surface area contributed by atoms with E-state index in [1.165, 1.54) is 40.4 Å². The summed E-state index contributed by atoms with van der Waals surface area (Å²) in [6, 6.07) is 14.3. The largest absolute Gasteiger partial charge is 0.741 e. The number of halogens is 6. The van der Waals surface area contributed by atoms with Gasteiger partial charge in [0.05, 0.1) is 46.7 Å². The number of hydrogen-bond donors (Lipinski definition) is 2. The number of carbonyl (C=O) groups is 3. The summed E-state index contributed by atoms with van der Waals surface area (Å²) in [7, 11) is -16.3. The molecule has 30 heteroatoms. The van der Waals surface area contributed by atoms with E-state index in [1.54, 1.807) is 12.1 Å². The number of aliphatic hydroxyl groups excluding tert-OH is 1. The van der Waals surface area contributed by atoms with Gasteiger partial charge >= 0.3 is 17.0 Å². The van der Waals surface area contributed by atoms with E-state index < -0.39 is 82.1 Å². The summed E-state index contributed by atoms with van der Waals surface area (Å²) >= 11 is 0. The Morgan fingerprint density at radius 3 is 1.93 bits per heavy atom. The highest BCUT2D eigenvalue weighted by molar-refractivity contribution is 7.93. The predicted molar refractivity (Wildman–Crippen MR) is 227 cm³/mol. The van der Waals surface area contributed by atoms with Gasteiger partial charge in [0.2, 0.25) is 5.91 Å². The van der Waals surface area contributed by atoms with Crippen molar-refractivity contribution < 1.29 is 98.8 Å². The summed E-state index contributed by atoms with van der Waals surface area (Å²) in [6.45, 7) is 9.72. The molecule has 0 aromatic heterocycles. The number of nitrogens with zero attached hydrogens (tertiary/aromatic N) is 5. The number of hydrogen-bond acceptors (Lipinski definition) is 15. The van der Waals surface area contributed by atoms with Crippen molar-refractivity contribution in [3.05, 3.63) is 87.1 Å². The van der Waals surface area contributed by atoms with Crippen LogP contribution in [0.3, 0.4) is 0 Å². The summed E-state index contributed by atoms with van der Waals surface area (Å²) in [5, 5.41) is 23.0. The van der Waals surface area contributed by atoms with Crippen molar-refractivity contribution in [2.75, 3.05) is 63.2 Å². The van der Waals surface area contributed by atoms with Gasteiger partial charge in [-0.15, -0.1) is 0 Å². The molecule has 21 nitrogen and oxygen atoms in total. The number of piperazine rings is 3. The van der Waals surface area contributed by atoms with Crippen LogP contribution in [0.2, 0.25) is 0 Å². The van der Waals surface area contributed by atoms with Crippen molar-refractivity contribution in [1.29, 1.82) is 0 Å². The van der Waals surface area contributed by atoms with E-state index in [2.05, 4.69) is 6.07 Å². The molecule has 2 unspecified atom stereocenters. The van der Waals surface area contributed by atoms with E-state index in [1.807, 2.05) is 19.1 Å². The third-order valence-corrected chi connectivity index (χ3v) is 16.2. The summed E-state index contributed by atoms with van der Waals surface area (Å²) < 4.78 is 155. The minimum atomic E-state index is -6.09. The van der Waals surface area contributed by atoms with Crippen LogP contribution in [0.1, 0.15) is 25.0 Å². The molecular formula is C40H44F6N6O15S3. The van der Waals surface area contributed by atoms with Gasteiger partial charge in [0.1, 0.15) is 51.6 Å². The van der Waals surface area contributed by atoms with Crippen LogP contribution >= 0.6 is 0 Å². The van der Waals surface area contributed by atoms with Crippen molar-refractivity contribution in [3.8, 4) is 0 Å². The van der Waals surface area contributed by atoms with Crippen molar-refractivity contribution in [1.82, 2.24) is 4.90 Å². The molecule has 9 rings (SSSR count). The lowest BCUT2D eigenvalue weighted by atomic mass is 9.78. The van der Waals surface area contributed by atoms with Gasteiger partial charge in [-0.2, -0.15) is 26.3 Å². The highest BCUT2D eigenvalue weighted by Gasteiger charge is 2.60. The van der Waals surface area contributed by atoms with E-state index in [4.69, 9.17) is 36.4 Å². The third-order valence-electron chi connectivity index (χ3n) is 13.2. The number of carbonyl (C=O) groups excluding carboxylic acids is 3. The number of fused-ring (bicyclic) bond motifs is 4. The monoisotopic (exact) mass is 1060 g/mol. The zero-order chi connectivity index (χ0) is 52.3. The second-order valence-corrected chi connectivity index (χ2v) is 22.1. The number of anilines is 1. The van der Waals surface area contributed by atoms with Crippen LogP contribution in [0.4, 0.5) is 37.7 Å². The molecule has 6 aliphatic heterocycles. The third kappa shape index (κ3) is 10.6. The lowest BCUT2D eigenvalue weighted by molar-refractivity contribution is -1.08. The first-order chi connectivity index (χ1) is 32.1. The Bertz CT molecular complexity index is 2920. The molecule has 6 heterocycles. The van der Waals surface area contributed by atoms with Crippen molar-refractivity contribution in [2.45, 2.75) is 54.9 Å². The number of nitro benzene ring substituents is 1. The summed E-state index contributed by atoms with van der Waals surface area (Å²) in [4.78, 5) is 51.0. The van der Waals surface area contributed by atoms with Crippen LogP contribution in [0.15, 0.2) is 70.8 Å². The van der Waals surface area contributed by atoms with Crippen molar-refractivity contribution in [3.63, 3.8) is 0 Å². The molecule has 3 aromatic rings. The Balaban J connectivity index is 0.000000433. The van der Waals surface area contributed by atoms with Gasteiger partial charge in [0.15, 0.2) is 26.8 Å². The quantitative estimate of drug-likeness (QED) is 0.0383. The molecule has 3 aromatic carbocycles. The Kier molecular flexibility index (Phi) is 14.6. The van der Waals surface area contributed by atoms with Gasteiger partial charge in [-0.3, -0.25) is 24.0 Å². The van der Waals surface area contributed by atoms with Gasteiger partial charge in [-0.1, -0.05) is 25.1 Å². The van der Waals surface area contributed by atoms with E-state index in [9.17, 15) is 64.4 Å². The molecule has 4 fully saturated rings. The Morgan fingerprint density at radius 1 is 0.914 bits per heavy atom. The Hall–Kier alpha value is -5.50. The first-order valence-electron chi connectivity index (χ1n) is 20.9. The average Bonchev–Trinajstić information content (AvgIpc) is 3.62. The molecule has 3 N–H and O–H groups in total. The summed E-state index contributed by atoms with van der Waals surface area (Å²) in [5.41, 5.74) is -3.58. The molecule has 0 aliphatic carbocycles. The Morgan fingerprint density at radius 2 is 1.44 bits per heavy atom. The molecule has 70 heavy (non-hydrogen) atoms. The normalized spacial score (nSPS) is 25.0. The molecule has 4 saturated heterocycles. The maximum absolute atomic E-state index is 14.5. The second-order valence-electron chi connectivity index (χ2n) is 17.5. The number of primary amides is 1. The minimum absolute atomic E-state index is 0.0363. The maximum Gasteiger partial charge on any atom is 0.485 e. The highest BCUT2D eigenvalue weighted by atomic mass is 32.2.